The minimum Gasteiger partial charge on any atom is -0.332 e. The van der Waals surface area contributed by atoms with Crippen molar-refractivity contribution in [3.8, 4) is 16.8 Å². The van der Waals surface area contributed by atoms with E-state index in [-0.39, 0.29) is 5.41 Å². The molecule has 0 amide bonds. The molecule has 276 valence electrons. The van der Waals surface area contributed by atoms with Crippen LogP contribution in [0.1, 0.15) is 59.7 Å². The fraction of sp³-hybridized carbons (Fsp3) is 0.127. The van der Waals surface area contributed by atoms with Gasteiger partial charge in [0.15, 0.2) is 0 Å². The summed E-state index contributed by atoms with van der Waals surface area (Å²) in [5.41, 5.74) is 21.0. The van der Waals surface area contributed by atoms with Crippen molar-refractivity contribution in [1.29, 1.82) is 0 Å². The molecule has 1 aromatic heterocycles. The highest BCUT2D eigenvalue weighted by molar-refractivity contribution is 6.18. The molecule has 0 N–H and O–H groups in total. The number of hydrogen-bond donors (Lipinski definition) is 0. The number of para-hydroxylation sites is 2. The first-order valence-corrected chi connectivity index (χ1v) is 20.8. The summed E-state index contributed by atoms with van der Waals surface area (Å²) in [7, 11) is 0. The molecule has 0 spiro atoms. The van der Waals surface area contributed by atoms with Gasteiger partial charge in [0.05, 0.1) is 17.2 Å². The molecule has 2 aliphatic heterocycles. The van der Waals surface area contributed by atoms with Gasteiger partial charge in [-0.15, -0.1) is 0 Å². The van der Waals surface area contributed by atoms with E-state index >= 15 is 0 Å². The van der Waals surface area contributed by atoms with E-state index in [4.69, 9.17) is 0 Å². The van der Waals surface area contributed by atoms with E-state index in [0.717, 1.165) is 24.2 Å². The summed E-state index contributed by atoms with van der Waals surface area (Å²) in [5.74, 6) is 0.356. The third kappa shape index (κ3) is 4.18. The van der Waals surface area contributed by atoms with Crippen LogP contribution in [0.5, 0.6) is 0 Å². The first-order chi connectivity index (χ1) is 28.6. The van der Waals surface area contributed by atoms with Gasteiger partial charge in [-0.05, 0) is 112 Å². The Bertz CT molecular complexity index is 3160. The van der Waals surface area contributed by atoms with Crippen LogP contribution < -0.4 is 9.80 Å². The van der Waals surface area contributed by atoms with Crippen LogP contribution in [-0.2, 0) is 11.8 Å². The Balaban J connectivity index is 0.953. The van der Waals surface area contributed by atoms with Gasteiger partial charge in [-0.2, -0.15) is 0 Å². The van der Waals surface area contributed by atoms with Crippen LogP contribution in [-0.4, -0.2) is 10.6 Å². The minimum absolute atomic E-state index is 0.0738. The van der Waals surface area contributed by atoms with Crippen LogP contribution in [0.3, 0.4) is 0 Å². The molecule has 58 heavy (non-hydrogen) atoms. The average Bonchev–Trinajstić information content (AvgIpc) is 3.98. The number of fused-ring (bicyclic) bond motifs is 15. The maximum absolute atomic E-state index is 2.65. The fourth-order valence-electron chi connectivity index (χ4n) is 11.4. The van der Waals surface area contributed by atoms with Crippen molar-refractivity contribution in [1.82, 2.24) is 4.57 Å². The predicted molar refractivity (Wildman–Crippen MR) is 243 cm³/mol. The normalized spacial score (nSPS) is 18.4. The molecule has 7 aromatic carbocycles. The molecule has 2 atom stereocenters. The lowest BCUT2D eigenvalue weighted by Crippen LogP contribution is -2.26. The molecule has 0 saturated carbocycles. The first-order valence-electron chi connectivity index (χ1n) is 20.8. The molecule has 0 fully saturated rings. The number of hydrogen-bond acceptors (Lipinski definition) is 2. The molecule has 0 bridgehead atoms. The summed E-state index contributed by atoms with van der Waals surface area (Å²) in [4.78, 5) is 5.06. The highest BCUT2D eigenvalue weighted by atomic mass is 15.2. The van der Waals surface area contributed by atoms with E-state index in [0.29, 0.717) is 12.0 Å². The monoisotopic (exact) mass is 743 g/mol. The van der Waals surface area contributed by atoms with Crippen LogP contribution in [0.15, 0.2) is 170 Å². The Labute approximate surface area is 339 Å². The molecular formula is C55H41N3. The summed E-state index contributed by atoms with van der Waals surface area (Å²) < 4.78 is 2.54. The number of aromatic nitrogens is 1. The zero-order chi connectivity index (χ0) is 38.3. The van der Waals surface area contributed by atoms with Crippen molar-refractivity contribution >= 4 is 61.8 Å². The summed E-state index contributed by atoms with van der Waals surface area (Å²) in [6.45, 7) is 4.72. The van der Waals surface area contributed by atoms with Crippen LogP contribution in [0.4, 0.5) is 28.4 Å². The predicted octanol–water partition coefficient (Wildman–Crippen LogP) is 14.1. The lowest BCUT2D eigenvalue weighted by atomic mass is 9.82. The van der Waals surface area contributed by atoms with E-state index in [9.17, 15) is 0 Å². The smallest absolute Gasteiger partial charge is 0.0702 e. The van der Waals surface area contributed by atoms with E-state index < -0.39 is 0 Å². The highest BCUT2D eigenvalue weighted by Gasteiger charge is 2.47. The molecular weight excluding hydrogens is 703 g/mol. The van der Waals surface area contributed by atoms with Crippen molar-refractivity contribution in [3.63, 3.8) is 0 Å². The van der Waals surface area contributed by atoms with Crippen LogP contribution >= 0.6 is 0 Å². The number of benzene rings is 7. The van der Waals surface area contributed by atoms with Gasteiger partial charge in [0.2, 0.25) is 0 Å². The van der Waals surface area contributed by atoms with Gasteiger partial charge >= 0.3 is 0 Å². The quantitative estimate of drug-likeness (QED) is 0.178. The number of rotatable bonds is 4. The van der Waals surface area contributed by atoms with Gasteiger partial charge in [0.1, 0.15) is 0 Å². The summed E-state index contributed by atoms with van der Waals surface area (Å²) in [6, 6.07) is 55.0. The highest BCUT2D eigenvalue weighted by Crippen LogP contribution is 2.60. The zero-order valence-electron chi connectivity index (χ0n) is 32.7. The van der Waals surface area contributed by atoms with Crippen molar-refractivity contribution < 1.29 is 0 Å². The first kappa shape index (κ1) is 32.3. The topological polar surface area (TPSA) is 11.4 Å². The standard InChI is InChI=1S/C55H41N3/c1-55(2)47-20-9-6-15-38(47)39-28-27-37(33-48(39)55)56(34-13-4-3-5-14-34)35-23-25-36(26-24-35)57-50-22-11-8-17-46(50)52-41-29-30-45-43-19-12-18-42-40-16-7-10-21-49(40)58(53(42)43)54(45)44(41)31-32-51(52)57/h3-10,12-21,23-33,43,53H,11,22H2,1-2H3. The van der Waals surface area contributed by atoms with E-state index in [2.05, 4.69) is 204 Å². The van der Waals surface area contributed by atoms with Gasteiger partial charge in [-0.25, -0.2) is 0 Å². The van der Waals surface area contributed by atoms with E-state index in [1.165, 1.54) is 94.6 Å². The van der Waals surface area contributed by atoms with Crippen molar-refractivity contribution in [2.45, 2.75) is 44.1 Å². The maximum atomic E-state index is 2.65. The summed E-state index contributed by atoms with van der Waals surface area (Å²) in [6.07, 6.45) is 13.8. The molecule has 2 unspecified atom stereocenters. The molecule has 0 saturated heterocycles. The SMILES string of the molecule is CC1(C)c2ccccc2-c2ccc(N(c3ccccc3)c3ccc(-n4c5c(c6c7ccc8c(c7ccc64)N4c6ccccc6C6=CC=CC8C64)C=CCC5)cc3)cc21. The number of anilines is 5. The second kappa shape index (κ2) is 11.6. The van der Waals surface area contributed by atoms with Crippen molar-refractivity contribution in [3.05, 3.63) is 203 Å². The Morgan fingerprint density at radius 1 is 0.655 bits per heavy atom. The van der Waals surface area contributed by atoms with Crippen molar-refractivity contribution in [2.75, 3.05) is 9.80 Å². The van der Waals surface area contributed by atoms with E-state index in [1.54, 1.807) is 0 Å². The Morgan fingerprint density at radius 3 is 2.28 bits per heavy atom. The lowest BCUT2D eigenvalue weighted by molar-refractivity contribution is 0.660. The third-order valence-electron chi connectivity index (χ3n) is 13.9. The van der Waals surface area contributed by atoms with Gasteiger partial charge < -0.3 is 14.4 Å². The molecule has 13 rings (SSSR count). The molecule has 0 radical (unpaired) electrons. The summed E-state index contributed by atoms with van der Waals surface area (Å²) >= 11 is 0. The fourth-order valence-corrected chi connectivity index (χ4v) is 11.4. The molecule has 8 aromatic rings. The lowest BCUT2D eigenvalue weighted by Gasteiger charge is -2.28. The second-order valence-electron chi connectivity index (χ2n) is 17.1. The van der Waals surface area contributed by atoms with Crippen LogP contribution in [0.25, 0.3) is 50.1 Å². The number of allylic oxidation sites excluding steroid dienone is 3. The summed E-state index contributed by atoms with van der Waals surface area (Å²) in [5, 5.41) is 4.04. The molecule has 3 heterocycles. The van der Waals surface area contributed by atoms with Gasteiger partial charge in [0.25, 0.3) is 0 Å². The van der Waals surface area contributed by atoms with E-state index in [1.807, 2.05) is 0 Å². The maximum Gasteiger partial charge on any atom is 0.0702 e. The largest absolute Gasteiger partial charge is 0.332 e. The van der Waals surface area contributed by atoms with Gasteiger partial charge in [-0.3, -0.25) is 0 Å². The number of nitrogens with zero attached hydrogens (tertiary/aromatic N) is 3. The van der Waals surface area contributed by atoms with Crippen molar-refractivity contribution in [2.24, 2.45) is 0 Å². The van der Waals surface area contributed by atoms with Gasteiger partial charge in [0, 0.05) is 67.4 Å². The molecule has 3 aliphatic carbocycles. The third-order valence-corrected chi connectivity index (χ3v) is 13.9. The minimum atomic E-state index is -0.0738. The Morgan fingerprint density at radius 2 is 1.40 bits per heavy atom. The zero-order valence-corrected chi connectivity index (χ0v) is 32.7. The Hall–Kier alpha value is -6.84. The van der Waals surface area contributed by atoms with Gasteiger partial charge in [-0.1, -0.05) is 129 Å². The second-order valence-corrected chi connectivity index (χ2v) is 17.1. The molecule has 3 heteroatoms. The van der Waals surface area contributed by atoms with Crippen LogP contribution in [0, 0.1) is 0 Å². The molecule has 3 nitrogen and oxygen atoms in total. The van der Waals surface area contributed by atoms with Crippen LogP contribution in [0.2, 0.25) is 0 Å². The molecule has 5 aliphatic rings. The Kier molecular flexibility index (Phi) is 6.46. The average molecular weight is 744 g/mol.